The van der Waals surface area contributed by atoms with E-state index in [1.165, 1.54) is 0 Å². The number of ketones is 1. The SMILES string of the molecule is CCC(=O)c1ccccc1Oc1cc(Cl)ccc1C. The molecule has 0 aromatic heterocycles. The number of benzene rings is 2. The molecular weight excluding hydrogens is 260 g/mol. The van der Waals surface area contributed by atoms with Gasteiger partial charge in [-0.15, -0.1) is 0 Å². The summed E-state index contributed by atoms with van der Waals surface area (Å²) in [7, 11) is 0. The monoisotopic (exact) mass is 274 g/mol. The number of halogens is 1. The molecule has 0 heterocycles. The molecule has 19 heavy (non-hydrogen) atoms. The minimum atomic E-state index is 0.0651. The molecule has 0 radical (unpaired) electrons. The summed E-state index contributed by atoms with van der Waals surface area (Å²) in [4.78, 5) is 11.9. The first-order valence-electron chi connectivity index (χ1n) is 6.18. The number of ether oxygens (including phenoxy) is 1. The van der Waals surface area contributed by atoms with E-state index in [4.69, 9.17) is 16.3 Å². The Bertz CT molecular complexity index is 605. The van der Waals surface area contributed by atoms with Crippen LogP contribution in [-0.4, -0.2) is 5.78 Å². The van der Waals surface area contributed by atoms with E-state index in [-0.39, 0.29) is 5.78 Å². The highest BCUT2D eigenvalue weighted by Gasteiger charge is 2.11. The van der Waals surface area contributed by atoms with Crippen LogP contribution in [0.2, 0.25) is 5.02 Å². The van der Waals surface area contributed by atoms with Crippen LogP contribution in [0.3, 0.4) is 0 Å². The third-order valence-corrected chi connectivity index (χ3v) is 3.11. The average molecular weight is 275 g/mol. The van der Waals surface area contributed by atoms with Gasteiger partial charge in [-0.3, -0.25) is 4.79 Å². The van der Waals surface area contributed by atoms with Crippen LogP contribution in [-0.2, 0) is 0 Å². The Kier molecular flexibility index (Phi) is 4.23. The van der Waals surface area contributed by atoms with Gasteiger partial charge in [0.1, 0.15) is 11.5 Å². The van der Waals surface area contributed by atoms with Crippen molar-refractivity contribution in [3.05, 3.63) is 58.6 Å². The Morgan fingerprint density at radius 3 is 2.63 bits per heavy atom. The molecule has 2 aromatic rings. The number of carbonyl (C=O) groups excluding carboxylic acids is 1. The molecule has 3 heteroatoms. The second-order valence-electron chi connectivity index (χ2n) is 4.28. The van der Waals surface area contributed by atoms with Gasteiger partial charge in [0, 0.05) is 11.4 Å². The number of carbonyl (C=O) groups is 1. The Morgan fingerprint density at radius 2 is 1.89 bits per heavy atom. The van der Waals surface area contributed by atoms with Gasteiger partial charge in [0.05, 0.1) is 5.56 Å². The molecule has 2 rings (SSSR count). The lowest BCUT2D eigenvalue weighted by atomic mass is 10.1. The zero-order valence-corrected chi connectivity index (χ0v) is 11.7. The fourth-order valence-electron chi connectivity index (χ4n) is 1.78. The van der Waals surface area contributed by atoms with Gasteiger partial charge in [-0.1, -0.05) is 36.7 Å². The van der Waals surface area contributed by atoms with Crippen molar-refractivity contribution in [1.29, 1.82) is 0 Å². The molecule has 98 valence electrons. The second kappa shape index (κ2) is 5.89. The molecule has 0 aliphatic rings. The quantitative estimate of drug-likeness (QED) is 0.731. The zero-order valence-electron chi connectivity index (χ0n) is 10.9. The Balaban J connectivity index is 2.38. The van der Waals surface area contributed by atoms with Crippen LogP contribution in [0.25, 0.3) is 0 Å². The lowest BCUT2D eigenvalue weighted by Crippen LogP contribution is -2.00. The molecule has 0 unspecified atom stereocenters. The number of rotatable bonds is 4. The number of aryl methyl sites for hydroxylation is 1. The molecule has 0 saturated carbocycles. The highest BCUT2D eigenvalue weighted by molar-refractivity contribution is 6.30. The predicted molar refractivity (Wildman–Crippen MR) is 77.3 cm³/mol. The molecule has 0 atom stereocenters. The van der Waals surface area contributed by atoms with E-state index >= 15 is 0 Å². The zero-order chi connectivity index (χ0) is 13.8. The minimum Gasteiger partial charge on any atom is -0.456 e. The maximum Gasteiger partial charge on any atom is 0.166 e. The van der Waals surface area contributed by atoms with E-state index in [0.717, 1.165) is 5.56 Å². The minimum absolute atomic E-state index is 0.0651. The predicted octanol–water partition coefficient (Wildman–Crippen LogP) is 5.03. The van der Waals surface area contributed by atoms with E-state index in [0.29, 0.717) is 28.5 Å². The number of para-hydroxylation sites is 1. The molecule has 0 bridgehead atoms. The lowest BCUT2D eigenvalue weighted by molar-refractivity contribution is 0.0986. The molecule has 2 nitrogen and oxygen atoms in total. The van der Waals surface area contributed by atoms with E-state index in [9.17, 15) is 4.79 Å². The van der Waals surface area contributed by atoms with Gasteiger partial charge in [-0.25, -0.2) is 0 Å². The van der Waals surface area contributed by atoms with Crippen molar-refractivity contribution in [1.82, 2.24) is 0 Å². The lowest BCUT2D eigenvalue weighted by Gasteiger charge is -2.12. The highest BCUT2D eigenvalue weighted by Crippen LogP contribution is 2.30. The summed E-state index contributed by atoms with van der Waals surface area (Å²) in [6.45, 7) is 3.78. The third kappa shape index (κ3) is 3.15. The van der Waals surface area contributed by atoms with Crippen LogP contribution in [0.15, 0.2) is 42.5 Å². The summed E-state index contributed by atoms with van der Waals surface area (Å²) in [6.07, 6.45) is 0.453. The summed E-state index contributed by atoms with van der Waals surface area (Å²) < 4.78 is 5.84. The van der Waals surface area contributed by atoms with E-state index in [1.54, 1.807) is 18.2 Å². The van der Waals surface area contributed by atoms with Crippen LogP contribution < -0.4 is 4.74 Å². The van der Waals surface area contributed by atoms with Gasteiger partial charge in [-0.2, -0.15) is 0 Å². The van der Waals surface area contributed by atoms with Gasteiger partial charge < -0.3 is 4.74 Å². The fraction of sp³-hybridized carbons (Fsp3) is 0.188. The molecule has 0 saturated heterocycles. The Hall–Kier alpha value is -1.80. The summed E-state index contributed by atoms with van der Waals surface area (Å²) in [5, 5.41) is 0.611. The standard InChI is InChI=1S/C16H15ClO2/c1-3-14(18)13-6-4-5-7-15(13)19-16-10-12(17)9-8-11(16)2/h4-10H,3H2,1-2H3. The number of Topliss-reactive ketones (excluding diaryl/α,β-unsaturated/α-hetero) is 1. The largest absolute Gasteiger partial charge is 0.456 e. The van der Waals surface area contributed by atoms with Gasteiger partial charge >= 0.3 is 0 Å². The van der Waals surface area contributed by atoms with Crippen LogP contribution >= 0.6 is 11.6 Å². The highest BCUT2D eigenvalue weighted by atomic mass is 35.5. The molecular formula is C16H15ClO2. The first-order chi connectivity index (χ1) is 9.11. The number of hydrogen-bond acceptors (Lipinski definition) is 2. The first kappa shape index (κ1) is 13.6. The van der Waals surface area contributed by atoms with Gasteiger partial charge in [-0.05, 0) is 36.8 Å². The Morgan fingerprint density at radius 1 is 1.16 bits per heavy atom. The summed E-state index contributed by atoms with van der Waals surface area (Å²) in [6, 6.07) is 12.7. The van der Waals surface area contributed by atoms with E-state index < -0.39 is 0 Å². The summed E-state index contributed by atoms with van der Waals surface area (Å²) >= 11 is 5.97. The van der Waals surface area contributed by atoms with Gasteiger partial charge in [0.15, 0.2) is 5.78 Å². The maximum absolute atomic E-state index is 11.9. The third-order valence-electron chi connectivity index (χ3n) is 2.88. The molecule has 0 fully saturated rings. The van der Waals surface area contributed by atoms with Crippen molar-refractivity contribution in [2.24, 2.45) is 0 Å². The topological polar surface area (TPSA) is 26.3 Å². The van der Waals surface area contributed by atoms with Crippen LogP contribution in [0, 0.1) is 6.92 Å². The molecule has 0 aliphatic carbocycles. The summed E-state index contributed by atoms with van der Waals surface area (Å²) in [5.41, 5.74) is 1.58. The fourth-order valence-corrected chi connectivity index (χ4v) is 1.94. The molecule has 2 aromatic carbocycles. The van der Waals surface area contributed by atoms with Crippen molar-refractivity contribution >= 4 is 17.4 Å². The van der Waals surface area contributed by atoms with Crippen LogP contribution in [0.4, 0.5) is 0 Å². The van der Waals surface area contributed by atoms with Crippen LogP contribution in [0.5, 0.6) is 11.5 Å². The number of hydrogen-bond donors (Lipinski definition) is 0. The summed E-state index contributed by atoms with van der Waals surface area (Å²) in [5.74, 6) is 1.30. The van der Waals surface area contributed by atoms with Gasteiger partial charge in [0.2, 0.25) is 0 Å². The first-order valence-corrected chi connectivity index (χ1v) is 6.56. The molecule has 0 N–H and O–H groups in total. The molecule has 0 aliphatic heterocycles. The Labute approximate surface area is 118 Å². The van der Waals surface area contributed by atoms with Crippen LogP contribution in [0.1, 0.15) is 29.3 Å². The second-order valence-corrected chi connectivity index (χ2v) is 4.72. The smallest absolute Gasteiger partial charge is 0.166 e. The van der Waals surface area contributed by atoms with E-state index in [2.05, 4.69) is 0 Å². The molecule has 0 spiro atoms. The maximum atomic E-state index is 11.9. The average Bonchev–Trinajstić information content (AvgIpc) is 2.42. The van der Waals surface area contributed by atoms with Crippen molar-refractivity contribution in [3.63, 3.8) is 0 Å². The van der Waals surface area contributed by atoms with Crippen molar-refractivity contribution in [2.45, 2.75) is 20.3 Å². The molecule has 0 amide bonds. The normalized spacial score (nSPS) is 10.3. The van der Waals surface area contributed by atoms with Gasteiger partial charge in [0.25, 0.3) is 0 Å². The van der Waals surface area contributed by atoms with Crippen molar-refractivity contribution in [3.8, 4) is 11.5 Å². The van der Waals surface area contributed by atoms with E-state index in [1.807, 2.05) is 38.1 Å². The van der Waals surface area contributed by atoms with Crippen molar-refractivity contribution in [2.75, 3.05) is 0 Å². The van der Waals surface area contributed by atoms with Crippen molar-refractivity contribution < 1.29 is 9.53 Å².